The molecule has 14 heavy (non-hydrogen) atoms. The summed E-state index contributed by atoms with van der Waals surface area (Å²) in [5.74, 6) is -0.443. The fourth-order valence-electron chi connectivity index (χ4n) is 2.60. The molecule has 2 rings (SSSR count). The van der Waals surface area contributed by atoms with Gasteiger partial charge in [-0.3, -0.25) is 14.9 Å². The van der Waals surface area contributed by atoms with Crippen LogP contribution in [-0.4, -0.2) is 24.5 Å². The summed E-state index contributed by atoms with van der Waals surface area (Å²) in [6, 6.07) is 0. The molecule has 2 aliphatic heterocycles. The number of amides is 2. The Morgan fingerprint density at radius 1 is 1.43 bits per heavy atom. The molecule has 78 valence electrons. The Kier molecular flexibility index (Phi) is 2.10. The van der Waals surface area contributed by atoms with Crippen molar-refractivity contribution in [3.05, 3.63) is 0 Å². The minimum absolute atomic E-state index is 0.00694. The zero-order valence-corrected chi connectivity index (χ0v) is 8.50. The van der Waals surface area contributed by atoms with Gasteiger partial charge in [-0.2, -0.15) is 0 Å². The highest BCUT2D eigenvalue weighted by atomic mass is 16.5. The highest BCUT2D eigenvalue weighted by molar-refractivity contribution is 5.99. The lowest BCUT2D eigenvalue weighted by atomic mass is 9.67. The number of imide groups is 1. The molecule has 0 bridgehead atoms. The van der Waals surface area contributed by atoms with Gasteiger partial charge in [-0.15, -0.1) is 0 Å². The quantitative estimate of drug-likeness (QED) is 0.574. The molecule has 4 nitrogen and oxygen atoms in total. The molecule has 4 heteroatoms. The van der Waals surface area contributed by atoms with E-state index < -0.39 is 0 Å². The minimum Gasteiger partial charge on any atom is -0.378 e. The maximum Gasteiger partial charge on any atom is 0.230 e. The summed E-state index contributed by atoms with van der Waals surface area (Å²) in [7, 11) is 0. The number of carbonyl (C=O) groups is 2. The number of nitrogens with one attached hydrogen (secondary N) is 1. The third-order valence-corrected chi connectivity index (χ3v) is 3.75. The summed E-state index contributed by atoms with van der Waals surface area (Å²) >= 11 is 0. The van der Waals surface area contributed by atoms with Gasteiger partial charge in [-0.1, -0.05) is 6.92 Å². The Balaban J connectivity index is 2.31. The summed E-state index contributed by atoms with van der Waals surface area (Å²) in [4.78, 5) is 22.9. The second-order valence-electron chi connectivity index (χ2n) is 4.31. The van der Waals surface area contributed by atoms with Gasteiger partial charge in [0.25, 0.3) is 0 Å². The maximum atomic E-state index is 11.5. The van der Waals surface area contributed by atoms with Crippen LogP contribution in [0.4, 0.5) is 0 Å². The van der Waals surface area contributed by atoms with Crippen molar-refractivity contribution in [3.63, 3.8) is 0 Å². The van der Waals surface area contributed by atoms with Crippen LogP contribution in [0.1, 0.15) is 26.7 Å². The lowest BCUT2D eigenvalue weighted by Crippen LogP contribution is -2.53. The van der Waals surface area contributed by atoms with Crippen molar-refractivity contribution < 1.29 is 14.3 Å². The Labute approximate surface area is 83.0 Å². The van der Waals surface area contributed by atoms with E-state index in [1.165, 1.54) is 0 Å². The van der Waals surface area contributed by atoms with Crippen LogP contribution in [0.2, 0.25) is 0 Å². The SMILES string of the molecule is CC1OCCC12CC(=O)NC(=O)C2C. The first-order valence-electron chi connectivity index (χ1n) is 5.01. The van der Waals surface area contributed by atoms with Gasteiger partial charge >= 0.3 is 0 Å². The van der Waals surface area contributed by atoms with Gasteiger partial charge in [-0.05, 0) is 13.3 Å². The van der Waals surface area contributed by atoms with Gasteiger partial charge in [-0.25, -0.2) is 0 Å². The van der Waals surface area contributed by atoms with E-state index >= 15 is 0 Å². The molecule has 0 aromatic rings. The maximum absolute atomic E-state index is 11.5. The molecule has 0 radical (unpaired) electrons. The molecule has 1 spiro atoms. The van der Waals surface area contributed by atoms with Crippen LogP contribution in [0.25, 0.3) is 0 Å². The molecule has 2 amide bonds. The molecule has 3 atom stereocenters. The highest BCUT2D eigenvalue weighted by Crippen LogP contribution is 2.46. The highest BCUT2D eigenvalue weighted by Gasteiger charge is 2.52. The fourth-order valence-corrected chi connectivity index (χ4v) is 2.60. The van der Waals surface area contributed by atoms with Crippen LogP contribution < -0.4 is 5.32 Å². The van der Waals surface area contributed by atoms with Crippen LogP contribution in [0.5, 0.6) is 0 Å². The molecule has 0 aromatic carbocycles. The largest absolute Gasteiger partial charge is 0.378 e. The third-order valence-electron chi connectivity index (χ3n) is 3.75. The van der Waals surface area contributed by atoms with E-state index in [9.17, 15) is 9.59 Å². The van der Waals surface area contributed by atoms with Crippen molar-refractivity contribution in [2.45, 2.75) is 32.8 Å². The van der Waals surface area contributed by atoms with Gasteiger partial charge in [0, 0.05) is 24.4 Å². The molecule has 0 saturated carbocycles. The first-order chi connectivity index (χ1) is 6.56. The average Bonchev–Trinajstić information content (AvgIpc) is 2.45. The normalized spacial score (nSPS) is 43.0. The Hall–Kier alpha value is -0.900. The molecule has 0 aromatic heterocycles. The zero-order chi connectivity index (χ0) is 10.3. The lowest BCUT2D eigenvalue weighted by molar-refractivity contribution is -0.145. The second-order valence-corrected chi connectivity index (χ2v) is 4.31. The van der Waals surface area contributed by atoms with E-state index in [0.29, 0.717) is 13.0 Å². The first-order valence-corrected chi connectivity index (χ1v) is 5.01. The summed E-state index contributed by atoms with van der Waals surface area (Å²) in [5.41, 5.74) is -0.251. The molecule has 0 aliphatic carbocycles. The van der Waals surface area contributed by atoms with Crippen molar-refractivity contribution in [2.75, 3.05) is 6.61 Å². The standard InChI is InChI=1S/C10H15NO3/c1-6-9(13)11-8(12)5-10(6)3-4-14-7(10)2/h6-7H,3-5H2,1-2H3,(H,11,12,13). The smallest absolute Gasteiger partial charge is 0.230 e. The van der Waals surface area contributed by atoms with E-state index in [1.807, 2.05) is 13.8 Å². The van der Waals surface area contributed by atoms with Crippen LogP contribution in [0.3, 0.4) is 0 Å². The third kappa shape index (κ3) is 1.17. The van der Waals surface area contributed by atoms with E-state index in [1.54, 1.807) is 0 Å². The van der Waals surface area contributed by atoms with Gasteiger partial charge in [0.15, 0.2) is 0 Å². The summed E-state index contributed by atoms with van der Waals surface area (Å²) in [6.45, 7) is 4.49. The molecule has 3 unspecified atom stereocenters. The van der Waals surface area contributed by atoms with E-state index in [2.05, 4.69) is 5.32 Å². The molecule has 2 fully saturated rings. The minimum atomic E-state index is -0.251. The zero-order valence-electron chi connectivity index (χ0n) is 8.50. The number of hydrogen-bond donors (Lipinski definition) is 1. The number of rotatable bonds is 0. The number of hydrogen-bond acceptors (Lipinski definition) is 3. The second kappa shape index (κ2) is 3.05. The summed E-state index contributed by atoms with van der Waals surface area (Å²) < 4.78 is 5.48. The Bertz CT molecular complexity index is 289. The van der Waals surface area contributed by atoms with Crippen LogP contribution in [0.15, 0.2) is 0 Å². The molecule has 2 aliphatic rings. The van der Waals surface area contributed by atoms with Gasteiger partial charge in [0.05, 0.1) is 6.10 Å². The van der Waals surface area contributed by atoms with Crippen LogP contribution >= 0.6 is 0 Å². The van der Waals surface area contributed by atoms with Crippen molar-refractivity contribution in [1.29, 1.82) is 0 Å². The molecule has 2 heterocycles. The van der Waals surface area contributed by atoms with E-state index in [0.717, 1.165) is 6.42 Å². The average molecular weight is 197 g/mol. The number of piperidine rings is 1. The predicted octanol–water partition coefficient (Wildman–Crippen LogP) is 0.464. The molecular weight excluding hydrogens is 182 g/mol. The first kappa shape index (κ1) is 9.65. The van der Waals surface area contributed by atoms with Gasteiger partial charge < -0.3 is 4.74 Å². The monoisotopic (exact) mass is 197 g/mol. The van der Waals surface area contributed by atoms with Crippen LogP contribution in [-0.2, 0) is 14.3 Å². The topological polar surface area (TPSA) is 55.4 Å². The fraction of sp³-hybridized carbons (Fsp3) is 0.800. The van der Waals surface area contributed by atoms with Crippen molar-refractivity contribution in [3.8, 4) is 0 Å². The number of ether oxygens (including phenoxy) is 1. The molecule has 1 N–H and O–H groups in total. The number of carbonyl (C=O) groups excluding carboxylic acids is 2. The Morgan fingerprint density at radius 3 is 2.71 bits per heavy atom. The van der Waals surface area contributed by atoms with Gasteiger partial charge in [0.2, 0.25) is 11.8 Å². The predicted molar refractivity (Wildman–Crippen MR) is 49.4 cm³/mol. The van der Waals surface area contributed by atoms with E-state index in [-0.39, 0.29) is 29.3 Å². The van der Waals surface area contributed by atoms with Crippen LogP contribution in [0, 0.1) is 11.3 Å². The van der Waals surface area contributed by atoms with E-state index in [4.69, 9.17) is 4.74 Å². The summed E-state index contributed by atoms with van der Waals surface area (Å²) in [6.07, 6.45) is 1.24. The lowest BCUT2D eigenvalue weighted by Gasteiger charge is -2.39. The molecular formula is C10H15NO3. The Morgan fingerprint density at radius 2 is 2.14 bits per heavy atom. The van der Waals surface area contributed by atoms with Crippen molar-refractivity contribution >= 4 is 11.8 Å². The van der Waals surface area contributed by atoms with Crippen molar-refractivity contribution in [1.82, 2.24) is 5.32 Å². The molecule has 2 saturated heterocycles. The summed E-state index contributed by atoms with van der Waals surface area (Å²) in [5, 5.41) is 2.37. The van der Waals surface area contributed by atoms with Gasteiger partial charge in [0.1, 0.15) is 0 Å². The van der Waals surface area contributed by atoms with Crippen molar-refractivity contribution in [2.24, 2.45) is 11.3 Å².